The lowest BCUT2D eigenvalue weighted by molar-refractivity contribution is 0.0937. The summed E-state index contributed by atoms with van der Waals surface area (Å²) in [4.78, 5) is 12.7. The first kappa shape index (κ1) is 18.5. The minimum absolute atomic E-state index is 0.0319. The lowest BCUT2D eigenvalue weighted by Crippen LogP contribution is -2.30. The minimum atomic E-state index is -1.02. The summed E-state index contributed by atoms with van der Waals surface area (Å²) < 4.78 is 33.3. The molecule has 5 nitrogen and oxygen atoms in total. The van der Waals surface area contributed by atoms with Gasteiger partial charge in [-0.2, -0.15) is 0 Å². The van der Waals surface area contributed by atoms with Gasteiger partial charge in [-0.1, -0.05) is 36.4 Å². The number of carbonyl (C=O) groups excluding carboxylic acids is 1. The lowest BCUT2D eigenvalue weighted by Gasteiger charge is -2.16. The van der Waals surface area contributed by atoms with Crippen LogP contribution in [0.15, 0.2) is 83.3 Å². The van der Waals surface area contributed by atoms with Gasteiger partial charge in [0.25, 0.3) is 5.91 Å². The molecule has 3 aromatic carbocycles. The fourth-order valence-corrected chi connectivity index (χ4v) is 2.85. The van der Waals surface area contributed by atoms with Crippen LogP contribution in [-0.4, -0.2) is 16.1 Å². The van der Waals surface area contributed by atoms with Crippen LogP contribution >= 0.6 is 0 Å². The molecule has 0 bridgehead atoms. The summed E-state index contributed by atoms with van der Waals surface area (Å²) in [6.07, 6.45) is 0. The highest BCUT2D eigenvalue weighted by atomic mass is 19.1. The number of carbonyl (C=O) groups is 1. The molecular formula is C22H15F2N3O2. The van der Waals surface area contributed by atoms with Gasteiger partial charge in [0.15, 0.2) is 0 Å². The highest BCUT2D eigenvalue weighted by Crippen LogP contribution is 2.27. The first-order valence-electron chi connectivity index (χ1n) is 8.81. The average molecular weight is 391 g/mol. The molecule has 1 atom stereocenters. The Morgan fingerprint density at radius 1 is 0.862 bits per heavy atom. The Kier molecular flexibility index (Phi) is 5.11. The molecule has 144 valence electrons. The maximum Gasteiger partial charge on any atom is 0.252 e. The molecule has 1 heterocycles. The molecule has 1 aromatic heterocycles. The molecule has 0 spiro atoms. The Balaban J connectivity index is 1.70. The van der Waals surface area contributed by atoms with E-state index in [-0.39, 0.29) is 22.9 Å². The number of hydrogen-bond acceptors (Lipinski definition) is 4. The average Bonchev–Trinajstić information content (AvgIpc) is 3.24. The highest BCUT2D eigenvalue weighted by Gasteiger charge is 2.26. The zero-order chi connectivity index (χ0) is 20.2. The van der Waals surface area contributed by atoms with Gasteiger partial charge < -0.3 is 9.73 Å². The molecule has 29 heavy (non-hydrogen) atoms. The Labute approximate surface area is 165 Å². The number of benzene rings is 3. The number of aromatic nitrogens is 2. The Bertz CT molecular complexity index is 1130. The van der Waals surface area contributed by atoms with Crippen LogP contribution in [0.5, 0.6) is 0 Å². The first-order valence-corrected chi connectivity index (χ1v) is 8.81. The van der Waals surface area contributed by atoms with Crippen LogP contribution in [0.2, 0.25) is 0 Å². The van der Waals surface area contributed by atoms with Gasteiger partial charge in [0, 0.05) is 16.7 Å². The number of hydrogen-bond donors (Lipinski definition) is 1. The molecule has 0 aliphatic rings. The van der Waals surface area contributed by atoms with E-state index < -0.39 is 23.6 Å². The maximum absolute atomic E-state index is 14.5. The van der Waals surface area contributed by atoms with Crippen LogP contribution < -0.4 is 5.32 Å². The Hall–Kier alpha value is -3.87. The summed E-state index contributed by atoms with van der Waals surface area (Å²) in [5.41, 5.74) is 1.09. The van der Waals surface area contributed by atoms with Crippen molar-refractivity contribution in [2.45, 2.75) is 6.04 Å². The number of amides is 1. The lowest BCUT2D eigenvalue weighted by atomic mass is 10.1. The van der Waals surface area contributed by atoms with Crippen LogP contribution in [0.25, 0.3) is 11.5 Å². The highest BCUT2D eigenvalue weighted by molar-refractivity contribution is 5.94. The van der Waals surface area contributed by atoms with Crippen molar-refractivity contribution in [2.75, 3.05) is 0 Å². The normalized spacial score (nSPS) is 11.8. The zero-order valence-corrected chi connectivity index (χ0v) is 15.0. The predicted molar refractivity (Wildman–Crippen MR) is 102 cm³/mol. The van der Waals surface area contributed by atoms with E-state index in [1.807, 2.05) is 18.2 Å². The molecule has 0 unspecified atom stereocenters. The molecule has 0 aliphatic heterocycles. The molecule has 1 N–H and O–H groups in total. The summed E-state index contributed by atoms with van der Waals surface area (Å²) >= 11 is 0. The number of nitrogens with zero attached hydrogens (tertiary/aromatic N) is 2. The van der Waals surface area contributed by atoms with E-state index in [0.29, 0.717) is 5.56 Å². The van der Waals surface area contributed by atoms with E-state index in [9.17, 15) is 13.6 Å². The topological polar surface area (TPSA) is 68.0 Å². The second-order valence-electron chi connectivity index (χ2n) is 6.25. The predicted octanol–water partition coefficient (Wildman–Crippen LogP) is 4.53. The van der Waals surface area contributed by atoms with E-state index in [2.05, 4.69) is 15.5 Å². The number of rotatable bonds is 5. The second kappa shape index (κ2) is 8.02. The number of halogens is 2. The third-order valence-electron chi connectivity index (χ3n) is 4.31. The van der Waals surface area contributed by atoms with Crippen molar-refractivity contribution in [1.29, 1.82) is 0 Å². The zero-order valence-electron chi connectivity index (χ0n) is 15.0. The van der Waals surface area contributed by atoms with Gasteiger partial charge in [-0.05, 0) is 42.5 Å². The molecule has 7 heteroatoms. The van der Waals surface area contributed by atoms with Crippen molar-refractivity contribution >= 4 is 5.91 Å². The molecule has 0 radical (unpaired) electrons. The van der Waals surface area contributed by atoms with Crippen LogP contribution in [0.3, 0.4) is 0 Å². The van der Waals surface area contributed by atoms with Crippen LogP contribution in [-0.2, 0) is 0 Å². The quantitative estimate of drug-likeness (QED) is 0.543. The van der Waals surface area contributed by atoms with Gasteiger partial charge in [-0.3, -0.25) is 4.79 Å². The van der Waals surface area contributed by atoms with Gasteiger partial charge in [0.2, 0.25) is 11.8 Å². The third-order valence-corrected chi connectivity index (χ3v) is 4.31. The van der Waals surface area contributed by atoms with Crippen LogP contribution in [0.1, 0.15) is 27.9 Å². The van der Waals surface area contributed by atoms with Gasteiger partial charge in [-0.15, -0.1) is 10.2 Å². The fraction of sp³-hybridized carbons (Fsp3) is 0.0455. The maximum atomic E-state index is 14.5. The smallest absolute Gasteiger partial charge is 0.252 e. The molecule has 0 saturated carbocycles. The van der Waals surface area contributed by atoms with Gasteiger partial charge in [-0.25, -0.2) is 8.78 Å². The Morgan fingerprint density at radius 2 is 1.55 bits per heavy atom. The molecular weight excluding hydrogens is 376 g/mol. The molecule has 4 aromatic rings. The summed E-state index contributed by atoms with van der Waals surface area (Å²) in [6.45, 7) is 0. The van der Waals surface area contributed by atoms with Crippen LogP contribution in [0.4, 0.5) is 8.78 Å². The molecule has 0 saturated heterocycles. The van der Waals surface area contributed by atoms with E-state index >= 15 is 0 Å². The minimum Gasteiger partial charge on any atom is -0.418 e. The molecule has 4 rings (SSSR count). The van der Waals surface area contributed by atoms with E-state index in [4.69, 9.17) is 4.42 Å². The van der Waals surface area contributed by atoms with Gasteiger partial charge in [0.05, 0.1) is 0 Å². The molecule has 1 amide bonds. The van der Waals surface area contributed by atoms with Crippen molar-refractivity contribution < 1.29 is 18.0 Å². The van der Waals surface area contributed by atoms with E-state index in [1.165, 1.54) is 36.4 Å². The largest absolute Gasteiger partial charge is 0.418 e. The van der Waals surface area contributed by atoms with Crippen molar-refractivity contribution in [1.82, 2.24) is 15.5 Å². The summed E-state index contributed by atoms with van der Waals surface area (Å²) in [5.74, 6) is -1.24. The monoisotopic (exact) mass is 391 g/mol. The second-order valence-corrected chi connectivity index (χ2v) is 6.25. The third kappa shape index (κ3) is 4.03. The van der Waals surface area contributed by atoms with Crippen molar-refractivity contribution in [2.24, 2.45) is 0 Å². The first-order chi connectivity index (χ1) is 14.1. The standard InChI is InChI=1S/C22H15F2N3O2/c23-16-12-10-14(11-13-16)20(28)25-19(17-8-4-5-9-18(17)24)22-27-26-21(29-22)15-6-2-1-3-7-15/h1-13,19H,(H,25,28)/t19-/m0/s1. The fourth-order valence-electron chi connectivity index (χ4n) is 2.85. The summed E-state index contributed by atoms with van der Waals surface area (Å²) in [5, 5.41) is 10.7. The van der Waals surface area contributed by atoms with Crippen molar-refractivity contribution in [3.8, 4) is 11.5 Å². The summed E-state index contributed by atoms with van der Waals surface area (Å²) in [6, 6.07) is 19.1. The summed E-state index contributed by atoms with van der Waals surface area (Å²) in [7, 11) is 0. The van der Waals surface area contributed by atoms with Crippen LogP contribution in [0, 0.1) is 11.6 Å². The molecule has 0 fully saturated rings. The van der Waals surface area contributed by atoms with Crippen molar-refractivity contribution in [3.63, 3.8) is 0 Å². The van der Waals surface area contributed by atoms with E-state index in [0.717, 1.165) is 0 Å². The van der Waals surface area contributed by atoms with Gasteiger partial charge in [0.1, 0.15) is 17.7 Å². The number of nitrogens with one attached hydrogen (secondary N) is 1. The molecule has 0 aliphatic carbocycles. The Morgan fingerprint density at radius 3 is 2.28 bits per heavy atom. The van der Waals surface area contributed by atoms with Gasteiger partial charge >= 0.3 is 0 Å². The van der Waals surface area contributed by atoms with Crippen molar-refractivity contribution in [3.05, 3.63) is 108 Å². The SMILES string of the molecule is O=C(N[C@H](c1nnc(-c2ccccc2)o1)c1ccccc1F)c1ccc(F)cc1. The van der Waals surface area contributed by atoms with E-state index in [1.54, 1.807) is 24.3 Å².